The number of unbranched alkanes of at least 4 members (excludes halogenated alkanes) is 2. The summed E-state index contributed by atoms with van der Waals surface area (Å²) in [6.07, 6.45) is 3.74. The molecule has 17 heavy (non-hydrogen) atoms. The molecule has 2 rings (SSSR count). The SMILES string of the molecule is CCCCCSN1CC(=O)c2nc(Br)sc2C1. The van der Waals surface area contributed by atoms with Gasteiger partial charge in [0.2, 0.25) is 0 Å². The van der Waals surface area contributed by atoms with Crippen molar-refractivity contribution in [1.29, 1.82) is 0 Å². The summed E-state index contributed by atoms with van der Waals surface area (Å²) in [5.41, 5.74) is 0.673. The summed E-state index contributed by atoms with van der Waals surface area (Å²) in [7, 11) is 0. The number of hydrogen-bond donors (Lipinski definition) is 0. The number of nitrogens with zero attached hydrogens (tertiary/aromatic N) is 2. The molecule has 0 aliphatic carbocycles. The maximum atomic E-state index is 11.9. The van der Waals surface area contributed by atoms with Crippen LogP contribution in [0.25, 0.3) is 0 Å². The highest BCUT2D eigenvalue weighted by atomic mass is 79.9. The van der Waals surface area contributed by atoms with Gasteiger partial charge in [0.15, 0.2) is 9.70 Å². The van der Waals surface area contributed by atoms with E-state index >= 15 is 0 Å². The highest BCUT2D eigenvalue weighted by Gasteiger charge is 2.26. The van der Waals surface area contributed by atoms with Crippen LogP contribution in [0.3, 0.4) is 0 Å². The molecule has 94 valence electrons. The van der Waals surface area contributed by atoms with Crippen molar-refractivity contribution < 1.29 is 4.79 Å². The molecule has 0 radical (unpaired) electrons. The second kappa shape index (κ2) is 6.31. The number of rotatable bonds is 5. The number of fused-ring (bicyclic) bond motifs is 1. The van der Waals surface area contributed by atoms with Crippen LogP contribution in [0.2, 0.25) is 0 Å². The summed E-state index contributed by atoms with van der Waals surface area (Å²) in [5, 5.41) is 0. The van der Waals surface area contributed by atoms with E-state index in [4.69, 9.17) is 0 Å². The van der Waals surface area contributed by atoms with Gasteiger partial charge in [-0.2, -0.15) is 0 Å². The van der Waals surface area contributed by atoms with Crippen LogP contribution >= 0.6 is 39.2 Å². The molecule has 0 aromatic carbocycles. The molecule has 0 spiro atoms. The Morgan fingerprint density at radius 2 is 2.29 bits per heavy atom. The Balaban J connectivity index is 1.90. The van der Waals surface area contributed by atoms with Crippen LogP contribution in [0, 0.1) is 0 Å². The minimum Gasteiger partial charge on any atom is -0.291 e. The first-order valence-electron chi connectivity index (χ1n) is 5.77. The smallest absolute Gasteiger partial charge is 0.197 e. The highest BCUT2D eigenvalue weighted by molar-refractivity contribution is 9.11. The molecule has 0 N–H and O–H groups in total. The molecule has 1 aromatic heterocycles. The zero-order valence-corrected chi connectivity index (χ0v) is 13.0. The van der Waals surface area contributed by atoms with Crippen molar-refractivity contribution in [2.45, 2.75) is 32.7 Å². The first-order chi connectivity index (χ1) is 8.20. The van der Waals surface area contributed by atoms with E-state index in [1.807, 2.05) is 0 Å². The van der Waals surface area contributed by atoms with Crippen molar-refractivity contribution in [3.05, 3.63) is 14.5 Å². The first-order valence-corrected chi connectivity index (χ1v) is 8.32. The highest BCUT2D eigenvalue weighted by Crippen LogP contribution is 2.31. The van der Waals surface area contributed by atoms with Crippen LogP contribution in [-0.4, -0.2) is 27.4 Å². The van der Waals surface area contributed by atoms with Crippen LogP contribution in [0.4, 0.5) is 0 Å². The van der Waals surface area contributed by atoms with Crippen molar-refractivity contribution in [3.63, 3.8) is 0 Å². The third kappa shape index (κ3) is 3.53. The number of aromatic nitrogens is 1. The Morgan fingerprint density at radius 3 is 3.06 bits per heavy atom. The lowest BCUT2D eigenvalue weighted by molar-refractivity contribution is 0.0951. The summed E-state index contributed by atoms with van der Waals surface area (Å²) >= 11 is 6.70. The fraction of sp³-hybridized carbons (Fsp3) is 0.636. The molecule has 0 saturated carbocycles. The summed E-state index contributed by atoms with van der Waals surface area (Å²) in [4.78, 5) is 17.2. The number of Topliss-reactive ketones (excluding diaryl/α,β-unsaturated/α-hetero) is 1. The van der Waals surface area contributed by atoms with Gasteiger partial charge in [0.25, 0.3) is 0 Å². The quantitative estimate of drug-likeness (QED) is 0.606. The van der Waals surface area contributed by atoms with Gasteiger partial charge in [-0.1, -0.05) is 31.7 Å². The van der Waals surface area contributed by atoms with Crippen LogP contribution < -0.4 is 0 Å². The average molecular weight is 335 g/mol. The Hall–Kier alpha value is 0.0900. The van der Waals surface area contributed by atoms with Gasteiger partial charge < -0.3 is 0 Å². The number of thiazole rings is 1. The molecular formula is C11H15BrN2OS2. The predicted molar refractivity (Wildman–Crippen MR) is 76.5 cm³/mol. The zero-order valence-electron chi connectivity index (χ0n) is 9.74. The van der Waals surface area contributed by atoms with Crippen LogP contribution in [0.1, 0.15) is 41.6 Å². The molecule has 0 amide bonds. The van der Waals surface area contributed by atoms with E-state index in [2.05, 4.69) is 32.1 Å². The Bertz CT molecular complexity index is 408. The van der Waals surface area contributed by atoms with Crippen molar-refractivity contribution in [2.24, 2.45) is 0 Å². The van der Waals surface area contributed by atoms with Crippen molar-refractivity contribution in [2.75, 3.05) is 12.3 Å². The summed E-state index contributed by atoms with van der Waals surface area (Å²) in [6, 6.07) is 0. The average Bonchev–Trinajstić information content (AvgIpc) is 2.66. The predicted octanol–water partition coefficient (Wildman–Crippen LogP) is 3.74. The van der Waals surface area contributed by atoms with E-state index in [1.54, 1.807) is 23.3 Å². The fourth-order valence-electron chi connectivity index (χ4n) is 1.74. The van der Waals surface area contributed by atoms with Crippen LogP contribution in [0.15, 0.2) is 3.92 Å². The fourth-order valence-corrected chi connectivity index (χ4v) is 4.42. The monoisotopic (exact) mass is 334 g/mol. The normalized spacial score (nSPS) is 16.2. The van der Waals surface area contributed by atoms with Gasteiger partial charge in [0.1, 0.15) is 5.69 Å². The van der Waals surface area contributed by atoms with Crippen LogP contribution in [-0.2, 0) is 6.54 Å². The Kier molecular flexibility index (Phi) is 5.02. The van der Waals surface area contributed by atoms with Crippen molar-refractivity contribution in [3.8, 4) is 0 Å². The molecular weight excluding hydrogens is 320 g/mol. The topological polar surface area (TPSA) is 33.2 Å². The molecule has 0 unspecified atom stereocenters. The lowest BCUT2D eigenvalue weighted by Crippen LogP contribution is -2.29. The molecule has 2 heterocycles. The van der Waals surface area contributed by atoms with Gasteiger partial charge in [-0.15, -0.1) is 11.3 Å². The Labute approximate surface area is 118 Å². The molecule has 6 heteroatoms. The van der Waals surface area contributed by atoms with Gasteiger partial charge in [-0.3, -0.25) is 4.79 Å². The molecule has 0 saturated heterocycles. The molecule has 0 bridgehead atoms. The minimum atomic E-state index is 0.149. The first kappa shape index (κ1) is 13.5. The van der Waals surface area contributed by atoms with Crippen molar-refractivity contribution >= 4 is 45.0 Å². The molecule has 0 fully saturated rings. The molecule has 1 aromatic rings. The largest absolute Gasteiger partial charge is 0.291 e. The van der Waals surface area contributed by atoms with E-state index in [1.165, 1.54) is 19.3 Å². The molecule has 0 atom stereocenters. The summed E-state index contributed by atoms with van der Waals surface area (Å²) in [6.45, 7) is 3.55. The van der Waals surface area contributed by atoms with Crippen molar-refractivity contribution in [1.82, 2.24) is 9.29 Å². The third-order valence-electron chi connectivity index (χ3n) is 2.60. The van der Waals surface area contributed by atoms with Gasteiger partial charge in [-0.05, 0) is 22.4 Å². The van der Waals surface area contributed by atoms with Gasteiger partial charge in [0.05, 0.1) is 11.4 Å². The number of carbonyl (C=O) groups is 1. The second-order valence-corrected chi connectivity index (χ2v) is 7.54. The van der Waals surface area contributed by atoms with E-state index in [0.29, 0.717) is 12.2 Å². The van der Waals surface area contributed by atoms with Gasteiger partial charge in [-0.25, -0.2) is 9.29 Å². The molecule has 1 aliphatic rings. The zero-order chi connectivity index (χ0) is 12.3. The second-order valence-electron chi connectivity index (χ2n) is 4.00. The number of carbonyl (C=O) groups excluding carboxylic acids is 1. The van der Waals surface area contributed by atoms with E-state index < -0.39 is 0 Å². The molecule has 1 aliphatic heterocycles. The number of ketones is 1. The number of halogens is 1. The van der Waals surface area contributed by atoms with Crippen LogP contribution in [0.5, 0.6) is 0 Å². The Morgan fingerprint density at radius 1 is 1.47 bits per heavy atom. The lowest BCUT2D eigenvalue weighted by Gasteiger charge is -2.23. The molecule has 3 nitrogen and oxygen atoms in total. The standard InChI is InChI=1S/C11H15BrN2OS2/c1-2-3-4-5-16-14-6-8(15)10-9(7-14)17-11(12)13-10/h2-7H2,1H3. The van der Waals surface area contributed by atoms with Gasteiger partial charge in [0, 0.05) is 12.3 Å². The summed E-state index contributed by atoms with van der Waals surface area (Å²) in [5.74, 6) is 1.26. The van der Waals surface area contributed by atoms with E-state index in [-0.39, 0.29) is 5.78 Å². The maximum Gasteiger partial charge on any atom is 0.197 e. The van der Waals surface area contributed by atoms with Gasteiger partial charge >= 0.3 is 0 Å². The minimum absolute atomic E-state index is 0.149. The van der Waals surface area contributed by atoms with E-state index in [9.17, 15) is 4.79 Å². The summed E-state index contributed by atoms with van der Waals surface area (Å²) < 4.78 is 2.97. The lowest BCUT2D eigenvalue weighted by atomic mass is 10.2. The number of hydrogen-bond acceptors (Lipinski definition) is 5. The van der Waals surface area contributed by atoms with E-state index in [0.717, 1.165) is 21.1 Å². The maximum absolute atomic E-state index is 11.9. The third-order valence-corrected chi connectivity index (χ3v) is 5.18.